The van der Waals surface area contributed by atoms with Crippen molar-refractivity contribution in [2.45, 2.75) is 45.6 Å². The number of hydrogen-bond acceptors (Lipinski definition) is 4. The van der Waals surface area contributed by atoms with Crippen LogP contribution in [0.15, 0.2) is 46.9 Å². The van der Waals surface area contributed by atoms with Gasteiger partial charge in [0.15, 0.2) is 17.6 Å². The molecule has 1 amide bonds. The Kier molecular flexibility index (Phi) is 5.07. The van der Waals surface area contributed by atoms with Crippen molar-refractivity contribution in [3.8, 4) is 5.75 Å². The van der Waals surface area contributed by atoms with Crippen molar-refractivity contribution in [3.63, 3.8) is 0 Å². The highest BCUT2D eigenvalue weighted by molar-refractivity contribution is 5.81. The fourth-order valence-corrected chi connectivity index (χ4v) is 3.92. The lowest BCUT2D eigenvalue weighted by molar-refractivity contribution is -0.139. The van der Waals surface area contributed by atoms with Gasteiger partial charge in [-0.15, -0.1) is 0 Å². The molecule has 5 nitrogen and oxygen atoms in total. The van der Waals surface area contributed by atoms with Gasteiger partial charge >= 0.3 is 0 Å². The molecule has 1 fully saturated rings. The van der Waals surface area contributed by atoms with Gasteiger partial charge in [-0.25, -0.2) is 4.98 Å². The van der Waals surface area contributed by atoms with Crippen molar-refractivity contribution in [3.05, 3.63) is 59.5 Å². The number of benzene rings is 2. The molecule has 2 heterocycles. The summed E-state index contributed by atoms with van der Waals surface area (Å²) in [5.41, 5.74) is 3.99. The highest BCUT2D eigenvalue weighted by Crippen LogP contribution is 2.30. The maximum Gasteiger partial charge on any atom is 0.263 e. The molecule has 0 saturated carbocycles. The van der Waals surface area contributed by atoms with E-state index in [1.54, 1.807) is 0 Å². The molecular formula is C23H26N2O3. The molecule has 146 valence electrons. The average Bonchev–Trinajstić information content (AvgIpc) is 3.11. The first-order valence-electron chi connectivity index (χ1n) is 9.89. The van der Waals surface area contributed by atoms with Crippen molar-refractivity contribution < 1.29 is 13.9 Å². The Morgan fingerprint density at radius 3 is 2.50 bits per heavy atom. The van der Waals surface area contributed by atoms with Crippen molar-refractivity contribution in [1.82, 2.24) is 9.88 Å². The lowest BCUT2D eigenvalue weighted by atomic mass is 9.96. The minimum absolute atomic E-state index is 0.0372. The van der Waals surface area contributed by atoms with Gasteiger partial charge in [0.05, 0.1) is 0 Å². The first kappa shape index (κ1) is 18.5. The monoisotopic (exact) mass is 378 g/mol. The summed E-state index contributed by atoms with van der Waals surface area (Å²) < 4.78 is 11.8. The van der Waals surface area contributed by atoms with Crippen LogP contribution in [-0.4, -0.2) is 35.0 Å². The number of amides is 1. The van der Waals surface area contributed by atoms with Crippen LogP contribution in [-0.2, 0) is 4.79 Å². The number of para-hydroxylation sites is 2. The van der Waals surface area contributed by atoms with E-state index in [1.165, 1.54) is 0 Å². The largest absolute Gasteiger partial charge is 0.481 e. The summed E-state index contributed by atoms with van der Waals surface area (Å²) >= 11 is 0. The zero-order valence-electron chi connectivity index (χ0n) is 16.6. The molecule has 2 aromatic carbocycles. The Bertz CT molecular complexity index is 933. The fourth-order valence-electron chi connectivity index (χ4n) is 3.92. The van der Waals surface area contributed by atoms with E-state index in [0.717, 1.165) is 46.7 Å². The van der Waals surface area contributed by atoms with E-state index in [9.17, 15) is 4.79 Å². The van der Waals surface area contributed by atoms with Gasteiger partial charge in [0.25, 0.3) is 5.91 Å². The first-order chi connectivity index (χ1) is 13.5. The number of ether oxygens (including phenoxy) is 1. The number of nitrogens with zero attached hydrogens (tertiary/aromatic N) is 2. The zero-order valence-corrected chi connectivity index (χ0v) is 16.6. The number of piperidine rings is 1. The van der Waals surface area contributed by atoms with E-state index >= 15 is 0 Å². The first-order valence-corrected chi connectivity index (χ1v) is 9.89. The van der Waals surface area contributed by atoms with Crippen molar-refractivity contribution in [2.24, 2.45) is 0 Å². The second-order valence-corrected chi connectivity index (χ2v) is 7.70. The third-order valence-electron chi connectivity index (χ3n) is 5.32. The molecular weight excluding hydrogens is 352 g/mol. The number of oxazole rings is 1. The summed E-state index contributed by atoms with van der Waals surface area (Å²) in [5.74, 6) is 1.83. The molecule has 0 unspecified atom stereocenters. The van der Waals surface area contributed by atoms with E-state index in [1.807, 2.05) is 62.1 Å². The number of fused-ring (bicyclic) bond motifs is 1. The number of carbonyl (C=O) groups is 1. The van der Waals surface area contributed by atoms with Crippen molar-refractivity contribution >= 4 is 17.0 Å². The number of rotatable bonds is 4. The molecule has 0 bridgehead atoms. The van der Waals surface area contributed by atoms with E-state index in [2.05, 4.69) is 11.1 Å². The van der Waals surface area contributed by atoms with Gasteiger partial charge in [-0.3, -0.25) is 4.79 Å². The standard InChI is InChI=1S/C23H26N2O3/c1-15-12-16(2)14-19(13-15)27-17(3)23(26)25-10-8-18(9-11-25)22-24-20-6-4-5-7-21(20)28-22/h4-7,12-14,17-18H,8-11H2,1-3H3/t17-/m0/s1. The summed E-state index contributed by atoms with van der Waals surface area (Å²) in [7, 11) is 0. The predicted octanol–water partition coefficient (Wildman–Crippen LogP) is 4.62. The average molecular weight is 378 g/mol. The maximum atomic E-state index is 12.8. The van der Waals surface area contributed by atoms with Crippen LogP contribution >= 0.6 is 0 Å². The van der Waals surface area contributed by atoms with Crippen LogP contribution in [0.3, 0.4) is 0 Å². The fraction of sp³-hybridized carbons (Fsp3) is 0.391. The molecule has 1 aliphatic heterocycles. The van der Waals surface area contributed by atoms with Crippen LogP contribution in [0.2, 0.25) is 0 Å². The molecule has 0 spiro atoms. The van der Waals surface area contributed by atoms with Gasteiger partial charge in [-0.05, 0) is 69.0 Å². The van der Waals surface area contributed by atoms with E-state index in [0.29, 0.717) is 13.1 Å². The summed E-state index contributed by atoms with van der Waals surface area (Å²) in [4.78, 5) is 19.3. The van der Waals surface area contributed by atoms with Gasteiger partial charge in [0.1, 0.15) is 11.3 Å². The third kappa shape index (κ3) is 3.88. The van der Waals surface area contributed by atoms with Crippen LogP contribution in [0.4, 0.5) is 0 Å². The molecule has 0 aliphatic carbocycles. The molecule has 0 radical (unpaired) electrons. The quantitative estimate of drug-likeness (QED) is 0.665. The summed E-state index contributed by atoms with van der Waals surface area (Å²) in [5, 5.41) is 0. The Hall–Kier alpha value is -2.82. The second kappa shape index (κ2) is 7.66. The Morgan fingerprint density at radius 1 is 1.14 bits per heavy atom. The van der Waals surface area contributed by atoms with Gasteiger partial charge in [-0.1, -0.05) is 18.2 Å². The molecule has 1 atom stereocenters. The van der Waals surface area contributed by atoms with Crippen LogP contribution in [0, 0.1) is 13.8 Å². The van der Waals surface area contributed by atoms with Crippen LogP contribution in [0.1, 0.15) is 42.7 Å². The number of aryl methyl sites for hydroxylation is 2. The predicted molar refractivity (Wildman–Crippen MR) is 109 cm³/mol. The lowest BCUT2D eigenvalue weighted by Gasteiger charge is -2.32. The molecule has 3 aromatic rings. The highest BCUT2D eigenvalue weighted by atomic mass is 16.5. The number of carbonyl (C=O) groups excluding carboxylic acids is 1. The van der Waals surface area contributed by atoms with Crippen molar-refractivity contribution in [2.75, 3.05) is 13.1 Å². The molecule has 1 saturated heterocycles. The maximum absolute atomic E-state index is 12.8. The third-order valence-corrected chi connectivity index (χ3v) is 5.32. The molecule has 28 heavy (non-hydrogen) atoms. The topological polar surface area (TPSA) is 55.6 Å². The number of aromatic nitrogens is 1. The molecule has 0 N–H and O–H groups in total. The number of likely N-dealkylation sites (tertiary alicyclic amines) is 1. The van der Waals surface area contributed by atoms with E-state index in [-0.39, 0.29) is 11.8 Å². The Labute approximate surface area is 165 Å². The smallest absolute Gasteiger partial charge is 0.263 e. The summed E-state index contributed by atoms with van der Waals surface area (Å²) in [6, 6.07) is 13.9. The highest BCUT2D eigenvalue weighted by Gasteiger charge is 2.29. The second-order valence-electron chi connectivity index (χ2n) is 7.70. The SMILES string of the molecule is Cc1cc(C)cc(O[C@@H](C)C(=O)N2CCC(c3nc4ccccc4o3)CC2)c1. The molecule has 1 aromatic heterocycles. The van der Waals surface area contributed by atoms with Gasteiger partial charge in [0, 0.05) is 19.0 Å². The summed E-state index contributed by atoms with van der Waals surface area (Å²) in [6.07, 6.45) is 1.21. The van der Waals surface area contributed by atoms with Gasteiger partial charge in [-0.2, -0.15) is 0 Å². The molecule has 1 aliphatic rings. The van der Waals surface area contributed by atoms with E-state index < -0.39 is 6.10 Å². The zero-order chi connectivity index (χ0) is 19.7. The number of hydrogen-bond donors (Lipinski definition) is 0. The Morgan fingerprint density at radius 2 is 1.82 bits per heavy atom. The Balaban J connectivity index is 1.36. The van der Waals surface area contributed by atoms with Crippen LogP contribution in [0.5, 0.6) is 5.75 Å². The van der Waals surface area contributed by atoms with Crippen molar-refractivity contribution in [1.29, 1.82) is 0 Å². The molecule has 5 heteroatoms. The van der Waals surface area contributed by atoms with E-state index in [4.69, 9.17) is 9.15 Å². The molecule has 4 rings (SSSR count). The van der Waals surface area contributed by atoms with Crippen LogP contribution in [0.25, 0.3) is 11.1 Å². The van der Waals surface area contributed by atoms with Gasteiger partial charge < -0.3 is 14.1 Å². The normalized spacial score (nSPS) is 16.3. The van der Waals surface area contributed by atoms with Crippen LogP contribution < -0.4 is 4.74 Å². The van der Waals surface area contributed by atoms with Gasteiger partial charge in [0.2, 0.25) is 0 Å². The minimum atomic E-state index is -0.498. The minimum Gasteiger partial charge on any atom is -0.481 e. The summed E-state index contributed by atoms with van der Waals surface area (Å²) in [6.45, 7) is 7.28. The lowest BCUT2D eigenvalue weighted by Crippen LogP contribution is -2.44.